The van der Waals surface area contributed by atoms with Crippen LogP contribution in [0, 0.1) is 0 Å². The van der Waals surface area contributed by atoms with Crippen molar-refractivity contribution in [2.24, 2.45) is 0 Å². The molecular formula is C14H26O3. The van der Waals surface area contributed by atoms with Crippen LogP contribution < -0.4 is 0 Å². The van der Waals surface area contributed by atoms with Crippen LogP contribution in [-0.2, 0) is 14.3 Å². The number of ether oxygens (including phenoxy) is 2. The fraction of sp³-hybridized carbons (Fsp3) is 0.786. The standard InChI is InChI=1S/C14H26O3/c1-12(2)16-11-9-7-6-8-10-13(15)17-14(3,4)5/h1,6-11H2,2-5H3. The highest BCUT2D eigenvalue weighted by Crippen LogP contribution is 2.11. The molecule has 0 amide bonds. The summed E-state index contributed by atoms with van der Waals surface area (Å²) >= 11 is 0. The quantitative estimate of drug-likeness (QED) is 0.368. The average molecular weight is 242 g/mol. The Bertz CT molecular complexity index is 238. The Morgan fingerprint density at radius 1 is 1.12 bits per heavy atom. The van der Waals surface area contributed by atoms with Gasteiger partial charge in [-0.3, -0.25) is 4.79 Å². The second kappa shape index (κ2) is 8.15. The van der Waals surface area contributed by atoms with Crippen molar-refractivity contribution in [1.82, 2.24) is 0 Å². The van der Waals surface area contributed by atoms with E-state index in [4.69, 9.17) is 9.47 Å². The summed E-state index contributed by atoms with van der Waals surface area (Å²) in [4.78, 5) is 11.4. The Morgan fingerprint density at radius 2 is 1.71 bits per heavy atom. The number of carbonyl (C=O) groups is 1. The maximum atomic E-state index is 11.4. The molecule has 0 aromatic heterocycles. The fourth-order valence-corrected chi connectivity index (χ4v) is 1.36. The lowest BCUT2D eigenvalue weighted by molar-refractivity contribution is -0.154. The van der Waals surface area contributed by atoms with Crippen LogP contribution in [0.4, 0.5) is 0 Å². The van der Waals surface area contributed by atoms with Crippen LogP contribution >= 0.6 is 0 Å². The van der Waals surface area contributed by atoms with Gasteiger partial charge in [0.1, 0.15) is 5.60 Å². The van der Waals surface area contributed by atoms with Crippen LogP contribution in [0.2, 0.25) is 0 Å². The predicted octanol–water partition coefficient (Wildman–Crippen LogP) is 3.83. The van der Waals surface area contributed by atoms with Gasteiger partial charge >= 0.3 is 5.97 Å². The topological polar surface area (TPSA) is 35.5 Å². The van der Waals surface area contributed by atoms with Gasteiger partial charge in [-0.05, 0) is 40.5 Å². The number of allylic oxidation sites excluding steroid dienone is 1. The van der Waals surface area contributed by atoms with Crippen molar-refractivity contribution in [3.63, 3.8) is 0 Å². The van der Waals surface area contributed by atoms with Crippen LogP contribution in [0.3, 0.4) is 0 Å². The number of hydrogen-bond acceptors (Lipinski definition) is 3. The van der Waals surface area contributed by atoms with E-state index in [-0.39, 0.29) is 11.6 Å². The van der Waals surface area contributed by atoms with Gasteiger partial charge in [0.2, 0.25) is 0 Å². The molecule has 0 atom stereocenters. The van der Waals surface area contributed by atoms with E-state index in [1.807, 2.05) is 27.7 Å². The number of carbonyl (C=O) groups excluding carboxylic acids is 1. The van der Waals surface area contributed by atoms with Gasteiger partial charge in [0.05, 0.1) is 12.4 Å². The van der Waals surface area contributed by atoms with Gasteiger partial charge in [-0.1, -0.05) is 19.4 Å². The third-order valence-electron chi connectivity index (χ3n) is 2.04. The first-order valence-corrected chi connectivity index (χ1v) is 6.31. The zero-order chi connectivity index (χ0) is 13.3. The van der Waals surface area contributed by atoms with Crippen molar-refractivity contribution in [3.8, 4) is 0 Å². The van der Waals surface area contributed by atoms with E-state index in [0.717, 1.165) is 38.0 Å². The Hall–Kier alpha value is -0.990. The lowest BCUT2D eigenvalue weighted by atomic mass is 10.1. The van der Waals surface area contributed by atoms with E-state index < -0.39 is 0 Å². The Balaban J connectivity index is 3.34. The van der Waals surface area contributed by atoms with E-state index in [1.165, 1.54) is 0 Å². The van der Waals surface area contributed by atoms with Gasteiger partial charge in [-0.25, -0.2) is 0 Å². The molecule has 0 saturated carbocycles. The summed E-state index contributed by atoms with van der Waals surface area (Å²) in [6.07, 6.45) is 4.54. The largest absolute Gasteiger partial charge is 0.499 e. The molecule has 100 valence electrons. The summed E-state index contributed by atoms with van der Waals surface area (Å²) in [6, 6.07) is 0. The summed E-state index contributed by atoms with van der Waals surface area (Å²) < 4.78 is 10.5. The van der Waals surface area contributed by atoms with Crippen LogP contribution in [0.1, 0.15) is 59.8 Å². The summed E-state index contributed by atoms with van der Waals surface area (Å²) in [5.41, 5.74) is -0.369. The minimum absolute atomic E-state index is 0.101. The van der Waals surface area contributed by atoms with Gasteiger partial charge in [0.25, 0.3) is 0 Å². The predicted molar refractivity (Wildman–Crippen MR) is 69.7 cm³/mol. The zero-order valence-corrected chi connectivity index (χ0v) is 11.7. The third kappa shape index (κ3) is 12.9. The number of esters is 1. The molecule has 0 aliphatic rings. The molecule has 0 rings (SSSR count). The monoisotopic (exact) mass is 242 g/mol. The van der Waals surface area contributed by atoms with E-state index >= 15 is 0 Å². The highest BCUT2D eigenvalue weighted by Gasteiger charge is 2.15. The molecule has 0 aliphatic heterocycles. The van der Waals surface area contributed by atoms with Crippen molar-refractivity contribution in [2.45, 2.75) is 65.4 Å². The molecule has 0 aromatic carbocycles. The first-order valence-electron chi connectivity index (χ1n) is 6.31. The van der Waals surface area contributed by atoms with Crippen LogP contribution in [0.25, 0.3) is 0 Å². The van der Waals surface area contributed by atoms with Crippen molar-refractivity contribution in [3.05, 3.63) is 12.3 Å². The Kier molecular flexibility index (Phi) is 7.68. The van der Waals surface area contributed by atoms with E-state index in [0.29, 0.717) is 6.42 Å². The SMILES string of the molecule is C=C(C)OCCCCCCC(=O)OC(C)(C)C. The molecule has 0 spiro atoms. The minimum atomic E-state index is -0.369. The number of rotatable bonds is 8. The fourth-order valence-electron chi connectivity index (χ4n) is 1.36. The molecule has 0 N–H and O–H groups in total. The molecule has 3 heteroatoms. The van der Waals surface area contributed by atoms with Crippen molar-refractivity contribution in [1.29, 1.82) is 0 Å². The normalized spacial score (nSPS) is 11.1. The van der Waals surface area contributed by atoms with Crippen molar-refractivity contribution < 1.29 is 14.3 Å². The molecule has 0 unspecified atom stereocenters. The zero-order valence-electron chi connectivity index (χ0n) is 11.7. The molecule has 3 nitrogen and oxygen atoms in total. The highest BCUT2D eigenvalue weighted by molar-refractivity contribution is 5.69. The van der Waals surface area contributed by atoms with Crippen molar-refractivity contribution >= 4 is 5.97 Å². The van der Waals surface area contributed by atoms with E-state index in [2.05, 4.69) is 6.58 Å². The van der Waals surface area contributed by atoms with Gasteiger partial charge in [0, 0.05) is 6.42 Å². The molecular weight excluding hydrogens is 216 g/mol. The van der Waals surface area contributed by atoms with Gasteiger partial charge in [0.15, 0.2) is 0 Å². The maximum Gasteiger partial charge on any atom is 0.306 e. The first kappa shape index (κ1) is 16.0. The maximum absolute atomic E-state index is 11.4. The van der Waals surface area contributed by atoms with Crippen molar-refractivity contribution in [2.75, 3.05) is 6.61 Å². The Labute approximate surface area is 105 Å². The van der Waals surface area contributed by atoms with Crippen LogP contribution in [-0.4, -0.2) is 18.2 Å². The lowest BCUT2D eigenvalue weighted by Gasteiger charge is -2.19. The summed E-state index contributed by atoms with van der Waals surface area (Å²) in [5, 5.41) is 0. The highest BCUT2D eigenvalue weighted by atomic mass is 16.6. The van der Waals surface area contributed by atoms with Crippen LogP contribution in [0.15, 0.2) is 12.3 Å². The van der Waals surface area contributed by atoms with E-state index in [9.17, 15) is 4.79 Å². The summed E-state index contributed by atoms with van der Waals surface area (Å²) in [5.74, 6) is 0.662. The smallest absolute Gasteiger partial charge is 0.306 e. The van der Waals surface area contributed by atoms with Gasteiger partial charge in [-0.15, -0.1) is 0 Å². The average Bonchev–Trinajstić information content (AvgIpc) is 2.12. The molecule has 0 aliphatic carbocycles. The second-order valence-electron chi connectivity index (χ2n) is 5.30. The molecule has 0 bridgehead atoms. The second-order valence-corrected chi connectivity index (χ2v) is 5.30. The lowest BCUT2D eigenvalue weighted by Crippen LogP contribution is -2.23. The minimum Gasteiger partial charge on any atom is -0.499 e. The summed E-state index contributed by atoms with van der Waals surface area (Å²) in [7, 11) is 0. The van der Waals surface area contributed by atoms with Crippen LogP contribution in [0.5, 0.6) is 0 Å². The summed E-state index contributed by atoms with van der Waals surface area (Å²) in [6.45, 7) is 11.9. The Morgan fingerprint density at radius 3 is 2.24 bits per heavy atom. The number of hydrogen-bond donors (Lipinski definition) is 0. The molecule has 0 radical (unpaired) electrons. The molecule has 0 heterocycles. The van der Waals surface area contributed by atoms with Gasteiger partial charge < -0.3 is 9.47 Å². The number of unbranched alkanes of at least 4 members (excludes halogenated alkanes) is 3. The van der Waals surface area contributed by atoms with E-state index in [1.54, 1.807) is 0 Å². The van der Waals surface area contributed by atoms with Gasteiger partial charge in [-0.2, -0.15) is 0 Å². The molecule has 0 saturated heterocycles. The first-order chi connectivity index (χ1) is 7.81. The molecule has 17 heavy (non-hydrogen) atoms. The molecule has 0 fully saturated rings. The third-order valence-corrected chi connectivity index (χ3v) is 2.04. The molecule has 0 aromatic rings.